The third-order valence-electron chi connectivity index (χ3n) is 4.31. The number of carbonyl (C=O) groups is 1. The lowest BCUT2D eigenvalue weighted by atomic mass is 10.2. The van der Waals surface area contributed by atoms with Crippen LogP contribution in [0.4, 0.5) is 34.9 Å². The number of nitrogens with one attached hydrogen (secondary N) is 3. The summed E-state index contributed by atoms with van der Waals surface area (Å²) in [7, 11) is 0. The zero-order chi connectivity index (χ0) is 23.0. The van der Waals surface area contributed by atoms with E-state index in [9.17, 15) is 4.79 Å². The highest BCUT2D eigenvalue weighted by molar-refractivity contribution is 5.99. The van der Waals surface area contributed by atoms with Gasteiger partial charge in [-0.3, -0.25) is 4.79 Å². The van der Waals surface area contributed by atoms with E-state index in [2.05, 4.69) is 37.5 Å². The molecule has 9 nitrogen and oxygen atoms in total. The molecule has 1 amide bonds. The van der Waals surface area contributed by atoms with Gasteiger partial charge in [0.1, 0.15) is 11.5 Å². The maximum Gasteiger partial charge on any atom is 0.247 e. The molecule has 0 fully saturated rings. The van der Waals surface area contributed by atoms with E-state index in [1.165, 1.54) is 6.08 Å². The molecular formula is C24H21N7O2. The predicted octanol–water partition coefficient (Wildman–Crippen LogP) is 4.86. The summed E-state index contributed by atoms with van der Waals surface area (Å²) in [6.45, 7) is 3.44. The summed E-state index contributed by atoms with van der Waals surface area (Å²) in [5, 5.41) is 8.86. The molecular weight excluding hydrogens is 418 g/mol. The Morgan fingerprint density at radius 2 is 1.42 bits per heavy atom. The molecule has 0 unspecified atom stereocenters. The molecule has 0 radical (unpaired) electrons. The molecule has 5 N–H and O–H groups in total. The Morgan fingerprint density at radius 1 is 0.788 bits per heavy atom. The molecule has 0 saturated heterocycles. The smallest absolute Gasteiger partial charge is 0.247 e. The van der Waals surface area contributed by atoms with Crippen LogP contribution in [0, 0.1) is 0 Å². The number of nitrogens with zero attached hydrogens (tertiary/aromatic N) is 3. The first-order chi connectivity index (χ1) is 16.1. The molecule has 0 aliphatic carbocycles. The van der Waals surface area contributed by atoms with Crippen molar-refractivity contribution in [2.75, 3.05) is 21.7 Å². The Kier molecular flexibility index (Phi) is 6.41. The molecule has 0 saturated carbocycles. The van der Waals surface area contributed by atoms with Crippen molar-refractivity contribution in [3.8, 4) is 11.5 Å². The van der Waals surface area contributed by atoms with Gasteiger partial charge in [0, 0.05) is 17.1 Å². The molecule has 0 bridgehead atoms. The van der Waals surface area contributed by atoms with Crippen LogP contribution in [0.25, 0.3) is 0 Å². The van der Waals surface area contributed by atoms with Crippen molar-refractivity contribution in [3.63, 3.8) is 0 Å². The molecule has 0 aliphatic heterocycles. The molecule has 0 spiro atoms. The first-order valence-corrected chi connectivity index (χ1v) is 9.99. The fourth-order valence-corrected chi connectivity index (χ4v) is 2.86. The Morgan fingerprint density at radius 3 is 2.12 bits per heavy atom. The molecule has 0 aliphatic rings. The van der Waals surface area contributed by atoms with Crippen LogP contribution in [0.5, 0.6) is 11.5 Å². The van der Waals surface area contributed by atoms with Crippen LogP contribution in [0.3, 0.4) is 0 Å². The normalized spacial score (nSPS) is 10.2. The van der Waals surface area contributed by atoms with Crippen LogP contribution in [0.15, 0.2) is 91.5 Å². The number of anilines is 6. The zero-order valence-corrected chi connectivity index (χ0v) is 17.5. The van der Waals surface area contributed by atoms with Gasteiger partial charge in [0.2, 0.25) is 23.8 Å². The number of nitrogens with two attached hydrogens (primary N) is 1. The van der Waals surface area contributed by atoms with Gasteiger partial charge in [-0.15, -0.1) is 0 Å². The largest absolute Gasteiger partial charge is 0.457 e. The number of amides is 1. The lowest BCUT2D eigenvalue weighted by Crippen LogP contribution is -2.08. The van der Waals surface area contributed by atoms with Gasteiger partial charge in [-0.2, -0.15) is 15.0 Å². The fraction of sp³-hybridized carbons (Fsp3) is 0. The number of benzene rings is 3. The predicted molar refractivity (Wildman–Crippen MR) is 129 cm³/mol. The number of hydrogen-bond donors (Lipinski definition) is 4. The third-order valence-corrected chi connectivity index (χ3v) is 4.31. The lowest BCUT2D eigenvalue weighted by Gasteiger charge is -2.11. The second-order valence-corrected chi connectivity index (χ2v) is 6.80. The maximum absolute atomic E-state index is 11.5. The average Bonchev–Trinajstić information content (AvgIpc) is 2.81. The number of carbonyl (C=O) groups excluding carboxylic acids is 1. The minimum atomic E-state index is -0.303. The van der Waals surface area contributed by atoms with Gasteiger partial charge in [0.15, 0.2) is 0 Å². The third kappa shape index (κ3) is 6.05. The van der Waals surface area contributed by atoms with Crippen LogP contribution in [0.2, 0.25) is 0 Å². The summed E-state index contributed by atoms with van der Waals surface area (Å²) >= 11 is 0. The Bertz CT molecular complexity index is 1260. The van der Waals surface area contributed by atoms with Crippen molar-refractivity contribution in [2.24, 2.45) is 0 Å². The van der Waals surface area contributed by atoms with Crippen molar-refractivity contribution in [2.45, 2.75) is 0 Å². The van der Waals surface area contributed by atoms with Crippen molar-refractivity contribution in [3.05, 3.63) is 91.5 Å². The first kappa shape index (κ1) is 21.3. The number of nitrogen functional groups attached to an aromatic ring is 1. The zero-order valence-electron chi connectivity index (χ0n) is 17.5. The molecule has 9 heteroatoms. The topological polar surface area (TPSA) is 127 Å². The Balaban J connectivity index is 1.45. The molecule has 4 aromatic rings. The van der Waals surface area contributed by atoms with E-state index >= 15 is 0 Å². The minimum Gasteiger partial charge on any atom is -0.457 e. The highest BCUT2D eigenvalue weighted by Gasteiger charge is 2.07. The lowest BCUT2D eigenvalue weighted by molar-refractivity contribution is -0.111. The minimum absolute atomic E-state index is 0.0511. The molecule has 4 rings (SSSR count). The van der Waals surface area contributed by atoms with Gasteiger partial charge < -0.3 is 26.4 Å². The van der Waals surface area contributed by atoms with Crippen molar-refractivity contribution >= 4 is 40.8 Å². The summed E-state index contributed by atoms with van der Waals surface area (Å²) in [6.07, 6.45) is 1.20. The fourth-order valence-electron chi connectivity index (χ4n) is 2.86. The van der Waals surface area contributed by atoms with Crippen LogP contribution in [-0.4, -0.2) is 20.9 Å². The molecule has 33 heavy (non-hydrogen) atoms. The van der Waals surface area contributed by atoms with Gasteiger partial charge in [0.25, 0.3) is 0 Å². The van der Waals surface area contributed by atoms with Crippen molar-refractivity contribution in [1.29, 1.82) is 0 Å². The second kappa shape index (κ2) is 9.92. The molecule has 3 aromatic carbocycles. The van der Waals surface area contributed by atoms with Gasteiger partial charge in [-0.25, -0.2) is 0 Å². The van der Waals surface area contributed by atoms with Crippen LogP contribution < -0.4 is 26.4 Å². The van der Waals surface area contributed by atoms with Gasteiger partial charge in [-0.05, 0) is 60.7 Å². The van der Waals surface area contributed by atoms with E-state index in [1.807, 2.05) is 60.7 Å². The summed E-state index contributed by atoms with van der Waals surface area (Å²) < 4.78 is 5.80. The molecule has 164 valence electrons. The molecule has 1 heterocycles. The highest BCUT2D eigenvalue weighted by atomic mass is 16.5. The number of rotatable bonds is 8. The van der Waals surface area contributed by atoms with E-state index in [-0.39, 0.29) is 23.8 Å². The molecule has 0 atom stereocenters. The van der Waals surface area contributed by atoms with E-state index in [0.717, 1.165) is 11.4 Å². The van der Waals surface area contributed by atoms with Crippen molar-refractivity contribution in [1.82, 2.24) is 15.0 Å². The van der Waals surface area contributed by atoms with E-state index in [4.69, 9.17) is 10.5 Å². The number of hydrogen-bond acceptors (Lipinski definition) is 8. The maximum atomic E-state index is 11.5. The van der Waals surface area contributed by atoms with Crippen LogP contribution >= 0.6 is 0 Å². The standard InChI is InChI=1S/C24H21N7O2/c1-2-21(32)26-17-7-6-8-18(15-17)28-24-30-22(25)29-23(31-24)27-16-11-13-20(14-12-16)33-19-9-4-3-5-10-19/h2-15H,1H2,(H,26,32)(H4,25,27,28,29,30,31). The van der Waals surface area contributed by atoms with Crippen LogP contribution in [-0.2, 0) is 4.79 Å². The van der Waals surface area contributed by atoms with Crippen LogP contribution in [0.1, 0.15) is 0 Å². The van der Waals surface area contributed by atoms with Crippen molar-refractivity contribution < 1.29 is 9.53 Å². The monoisotopic (exact) mass is 439 g/mol. The van der Waals surface area contributed by atoms with Gasteiger partial charge >= 0.3 is 0 Å². The number of ether oxygens (including phenoxy) is 1. The second-order valence-electron chi connectivity index (χ2n) is 6.80. The average molecular weight is 439 g/mol. The number of para-hydroxylation sites is 1. The summed E-state index contributed by atoms with van der Waals surface area (Å²) in [6, 6.07) is 24.0. The van der Waals surface area contributed by atoms with Gasteiger partial charge in [0.05, 0.1) is 0 Å². The first-order valence-electron chi connectivity index (χ1n) is 9.99. The quantitative estimate of drug-likeness (QED) is 0.287. The summed E-state index contributed by atoms with van der Waals surface area (Å²) in [5.74, 6) is 1.73. The Labute approximate surface area is 190 Å². The Hall–Kier alpha value is -4.92. The van der Waals surface area contributed by atoms with E-state index in [0.29, 0.717) is 17.1 Å². The summed E-state index contributed by atoms with van der Waals surface area (Å²) in [5.41, 5.74) is 7.87. The van der Waals surface area contributed by atoms with E-state index in [1.54, 1.807) is 18.2 Å². The highest BCUT2D eigenvalue weighted by Crippen LogP contribution is 2.24. The number of aromatic nitrogens is 3. The summed E-state index contributed by atoms with van der Waals surface area (Å²) in [4.78, 5) is 24.1. The van der Waals surface area contributed by atoms with E-state index < -0.39 is 0 Å². The molecule has 1 aromatic heterocycles. The van der Waals surface area contributed by atoms with Gasteiger partial charge in [-0.1, -0.05) is 30.8 Å². The SMILES string of the molecule is C=CC(=O)Nc1cccc(Nc2nc(N)nc(Nc3ccc(Oc4ccccc4)cc3)n2)c1.